The van der Waals surface area contributed by atoms with Gasteiger partial charge in [-0.1, -0.05) is 0 Å². The molecule has 0 amide bonds. The Kier molecular flexibility index (Phi) is 3.41. The SMILES string of the molecule is CC(S)NS(=O)(=O)C(C)(C)C. The first-order chi connectivity index (χ1) is 4.67. The van der Waals surface area contributed by atoms with Crippen LogP contribution in [0.25, 0.3) is 0 Å². The molecule has 0 bridgehead atoms. The van der Waals surface area contributed by atoms with E-state index < -0.39 is 14.8 Å². The van der Waals surface area contributed by atoms with Crippen molar-refractivity contribution >= 4 is 22.7 Å². The van der Waals surface area contributed by atoms with E-state index in [1.807, 2.05) is 0 Å². The zero-order valence-electron chi connectivity index (χ0n) is 7.25. The Bertz CT molecular complexity index is 213. The molecule has 0 fully saturated rings. The van der Waals surface area contributed by atoms with Crippen LogP contribution in [-0.2, 0) is 10.0 Å². The highest BCUT2D eigenvalue weighted by Gasteiger charge is 2.29. The van der Waals surface area contributed by atoms with Crippen LogP contribution in [0.3, 0.4) is 0 Å². The van der Waals surface area contributed by atoms with Crippen LogP contribution < -0.4 is 4.72 Å². The van der Waals surface area contributed by atoms with Crippen LogP contribution in [0.4, 0.5) is 0 Å². The van der Waals surface area contributed by atoms with Crippen LogP contribution in [0.5, 0.6) is 0 Å². The second-order valence-electron chi connectivity index (χ2n) is 3.41. The van der Waals surface area contributed by atoms with Crippen molar-refractivity contribution in [2.75, 3.05) is 0 Å². The van der Waals surface area contributed by atoms with Gasteiger partial charge in [0.05, 0.1) is 10.1 Å². The molecule has 0 aliphatic rings. The van der Waals surface area contributed by atoms with Crippen molar-refractivity contribution in [2.24, 2.45) is 0 Å². The zero-order valence-corrected chi connectivity index (χ0v) is 8.96. The van der Waals surface area contributed by atoms with Crippen molar-refractivity contribution in [1.29, 1.82) is 0 Å². The summed E-state index contributed by atoms with van der Waals surface area (Å²) in [5, 5.41) is -0.334. The summed E-state index contributed by atoms with van der Waals surface area (Å²) < 4.78 is 24.2. The number of hydrogen-bond acceptors (Lipinski definition) is 3. The molecule has 1 N–H and O–H groups in total. The van der Waals surface area contributed by atoms with E-state index in [1.165, 1.54) is 0 Å². The number of sulfonamides is 1. The van der Waals surface area contributed by atoms with Gasteiger partial charge in [-0.3, -0.25) is 0 Å². The van der Waals surface area contributed by atoms with Gasteiger partial charge in [0.1, 0.15) is 0 Å². The van der Waals surface area contributed by atoms with E-state index in [2.05, 4.69) is 17.4 Å². The summed E-state index contributed by atoms with van der Waals surface area (Å²) in [4.78, 5) is 0. The molecule has 0 aliphatic heterocycles. The molecule has 1 atom stereocenters. The van der Waals surface area contributed by atoms with Gasteiger partial charge >= 0.3 is 0 Å². The van der Waals surface area contributed by atoms with E-state index >= 15 is 0 Å². The summed E-state index contributed by atoms with van der Waals surface area (Å²) in [5.74, 6) is 0. The van der Waals surface area contributed by atoms with Crippen molar-refractivity contribution in [2.45, 2.75) is 37.8 Å². The Morgan fingerprint density at radius 3 is 1.82 bits per heavy atom. The van der Waals surface area contributed by atoms with Crippen molar-refractivity contribution in [1.82, 2.24) is 4.72 Å². The quantitative estimate of drug-likeness (QED) is 0.512. The molecule has 0 heterocycles. The van der Waals surface area contributed by atoms with Crippen LogP contribution >= 0.6 is 12.6 Å². The monoisotopic (exact) mass is 197 g/mol. The molecule has 1 unspecified atom stereocenters. The van der Waals surface area contributed by atoms with Crippen LogP contribution in [0, 0.1) is 0 Å². The van der Waals surface area contributed by atoms with Gasteiger partial charge in [-0.2, -0.15) is 12.6 Å². The highest BCUT2D eigenvalue weighted by Crippen LogP contribution is 2.13. The molecule has 5 heteroatoms. The number of thiol groups is 1. The third kappa shape index (κ3) is 3.44. The van der Waals surface area contributed by atoms with Crippen LogP contribution in [0.2, 0.25) is 0 Å². The maximum Gasteiger partial charge on any atom is 0.217 e. The van der Waals surface area contributed by atoms with E-state index in [9.17, 15) is 8.42 Å². The molecule has 0 rings (SSSR count). The van der Waals surface area contributed by atoms with E-state index in [0.717, 1.165) is 0 Å². The highest BCUT2D eigenvalue weighted by molar-refractivity contribution is 7.91. The molecule has 0 saturated carbocycles. The Morgan fingerprint density at radius 2 is 1.73 bits per heavy atom. The van der Waals surface area contributed by atoms with E-state index in [1.54, 1.807) is 27.7 Å². The number of hydrogen-bond donors (Lipinski definition) is 2. The smallest absolute Gasteiger partial charge is 0.212 e. The third-order valence-electron chi connectivity index (χ3n) is 1.13. The van der Waals surface area contributed by atoms with Crippen molar-refractivity contribution < 1.29 is 8.42 Å². The summed E-state index contributed by atoms with van der Waals surface area (Å²) in [5.41, 5.74) is 0. The Hall–Kier alpha value is 0.260. The molecule has 68 valence electrons. The largest absolute Gasteiger partial charge is 0.217 e. The highest BCUT2D eigenvalue weighted by atomic mass is 32.2. The van der Waals surface area contributed by atoms with Crippen molar-refractivity contribution in [3.8, 4) is 0 Å². The third-order valence-corrected chi connectivity index (χ3v) is 3.71. The predicted octanol–water partition coefficient (Wildman–Crippen LogP) is 0.980. The molecule has 0 spiro atoms. The van der Waals surface area contributed by atoms with Gasteiger partial charge in [0.25, 0.3) is 0 Å². The first kappa shape index (κ1) is 11.3. The van der Waals surface area contributed by atoms with Gasteiger partial charge in [-0.25, -0.2) is 13.1 Å². The summed E-state index contributed by atoms with van der Waals surface area (Å²) in [7, 11) is -3.22. The van der Waals surface area contributed by atoms with Gasteiger partial charge < -0.3 is 0 Å². The molecular weight excluding hydrogens is 182 g/mol. The van der Waals surface area contributed by atoms with Crippen LogP contribution in [0.1, 0.15) is 27.7 Å². The van der Waals surface area contributed by atoms with E-state index in [0.29, 0.717) is 0 Å². The average molecular weight is 197 g/mol. The number of rotatable bonds is 2. The Balaban J connectivity index is 4.51. The Labute approximate surface area is 74.0 Å². The normalized spacial score (nSPS) is 16.5. The fourth-order valence-corrected chi connectivity index (χ4v) is 1.62. The minimum absolute atomic E-state index is 0.334. The van der Waals surface area contributed by atoms with Gasteiger partial charge in [-0.05, 0) is 27.7 Å². The van der Waals surface area contributed by atoms with Gasteiger partial charge in [0.2, 0.25) is 10.0 Å². The average Bonchev–Trinajstić information content (AvgIpc) is 1.56. The molecule has 0 aromatic rings. The molecule has 0 radical (unpaired) electrons. The van der Waals surface area contributed by atoms with Gasteiger partial charge in [0, 0.05) is 0 Å². The summed E-state index contributed by atoms with van der Waals surface area (Å²) in [6, 6.07) is 0. The van der Waals surface area contributed by atoms with Gasteiger partial charge in [-0.15, -0.1) is 0 Å². The van der Waals surface area contributed by atoms with Crippen molar-refractivity contribution in [3.63, 3.8) is 0 Å². The topological polar surface area (TPSA) is 46.2 Å². The lowest BCUT2D eigenvalue weighted by atomic mass is 10.3. The lowest BCUT2D eigenvalue weighted by Crippen LogP contribution is -2.41. The molecule has 0 saturated heterocycles. The second-order valence-corrected chi connectivity index (χ2v) is 6.65. The Morgan fingerprint density at radius 1 is 1.36 bits per heavy atom. The minimum Gasteiger partial charge on any atom is -0.212 e. The molecule has 0 aromatic heterocycles. The molecular formula is C6H15NO2S2. The maximum atomic E-state index is 11.3. The lowest BCUT2D eigenvalue weighted by molar-refractivity contribution is 0.545. The van der Waals surface area contributed by atoms with E-state index in [-0.39, 0.29) is 5.37 Å². The number of nitrogens with one attached hydrogen (secondary N) is 1. The maximum absolute atomic E-state index is 11.3. The summed E-state index contributed by atoms with van der Waals surface area (Å²) >= 11 is 3.93. The lowest BCUT2D eigenvalue weighted by Gasteiger charge is -2.20. The fourth-order valence-electron chi connectivity index (χ4n) is 0.401. The second kappa shape index (κ2) is 3.33. The minimum atomic E-state index is -3.22. The molecule has 3 nitrogen and oxygen atoms in total. The van der Waals surface area contributed by atoms with Crippen molar-refractivity contribution in [3.05, 3.63) is 0 Å². The summed E-state index contributed by atoms with van der Waals surface area (Å²) in [6.07, 6.45) is 0. The van der Waals surface area contributed by atoms with Crippen LogP contribution in [0.15, 0.2) is 0 Å². The van der Waals surface area contributed by atoms with Crippen LogP contribution in [-0.4, -0.2) is 18.5 Å². The molecule has 11 heavy (non-hydrogen) atoms. The predicted molar refractivity (Wildman–Crippen MR) is 50.3 cm³/mol. The molecule has 0 aliphatic carbocycles. The molecule has 0 aromatic carbocycles. The van der Waals surface area contributed by atoms with Gasteiger partial charge in [0.15, 0.2) is 0 Å². The van der Waals surface area contributed by atoms with E-state index in [4.69, 9.17) is 0 Å². The first-order valence-electron chi connectivity index (χ1n) is 3.37. The summed E-state index contributed by atoms with van der Waals surface area (Å²) in [6.45, 7) is 6.61. The first-order valence-corrected chi connectivity index (χ1v) is 5.37. The standard InChI is InChI=1S/C6H15NO2S2/c1-5(10)7-11(8,9)6(2,3)4/h5,7,10H,1-4H3. The zero-order chi connectivity index (χ0) is 9.28. The fraction of sp³-hybridized carbons (Fsp3) is 1.00.